The van der Waals surface area contributed by atoms with Crippen molar-refractivity contribution in [1.82, 2.24) is 9.71 Å². The highest BCUT2D eigenvalue weighted by molar-refractivity contribution is 7.89. The van der Waals surface area contributed by atoms with Gasteiger partial charge in [-0.1, -0.05) is 12.1 Å². The van der Waals surface area contributed by atoms with Gasteiger partial charge in [0.05, 0.1) is 17.5 Å². The average Bonchev–Trinajstić information content (AvgIpc) is 2.63. The van der Waals surface area contributed by atoms with E-state index in [1.165, 1.54) is 0 Å². The van der Waals surface area contributed by atoms with Gasteiger partial charge in [-0.25, -0.2) is 13.1 Å². The van der Waals surface area contributed by atoms with Gasteiger partial charge in [0.1, 0.15) is 5.75 Å². The van der Waals surface area contributed by atoms with Gasteiger partial charge in [-0.15, -0.1) is 0 Å². The molecule has 0 radical (unpaired) electrons. The minimum atomic E-state index is -3.63. The number of hydrogen-bond acceptors (Lipinski definition) is 4. The number of H-pyrrole nitrogens is 1. The first-order chi connectivity index (χ1) is 12.8. The van der Waals surface area contributed by atoms with E-state index < -0.39 is 10.0 Å². The molecule has 0 aliphatic rings. The van der Waals surface area contributed by atoms with E-state index in [0.717, 1.165) is 10.9 Å². The van der Waals surface area contributed by atoms with Crippen LogP contribution in [-0.4, -0.2) is 27.1 Å². The lowest BCUT2D eigenvalue weighted by atomic mass is 10.1. The van der Waals surface area contributed by atoms with Crippen LogP contribution in [0.4, 0.5) is 0 Å². The fourth-order valence-corrected chi connectivity index (χ4v) is 4.29. The average molecular weight is 386 g/mol. The number of fused-ring (bicyclic) bond motifs is 1. The van der Waals surface area contributed by atoms with Crippen LogP contribution in [0.5, 0.6) is 5.75 Å². The molecule has 7 heteroatoms. The fraction of sp³-hybridized carbons (Fsp3) is 0.250. The maximum atomic E-state index is 12.6. The molecule has 1 aromatic heterocycles. The molecule has 0 atom stereocenters. The van der Waals surface area contributed by atoms with Crippen LogP contribution in [0.3, 0.4) is 0 Å². The van der Waals surface area contributed by atoms with Gasteiger partial charge in [0.15, 0.2) is 0 Å². The molecule has 0 aliphatic heterocycles. The van der Waals surface area contributed by atoms with Crippen LogP contribution in [0, 0.1) is 13.8 Å². The summed E-state index contributed by atoms with van der Waals surface area (Å²) in [5.41, 5.74) is 2.53. The first-order valence-corrected chi connectivity index (χ1v) is 10.1. The second-order valence-electron chi connectivity index (χ2n) is 6.49. The van der Waals surface area contributed by atoms with E-state index in [2.05, 4.69) is 9.71 Å². The number of benzene rings is 2. The Hall–Kier alpha value is -2.64. The van der Waals surface area contributed by atoms with E-state index in [1.54, 1.807) is 38.3 Å². The Kier molecular flexibility index (Phi) is 5.34. The van der Waals surface area contributed by atoms with Crippen molar-refractivity contribution < 1.29 is 13.2 Å². The first-order valence-electron chi connectivity index (χ1n) is 8.57. The SMILES string of the molecule is COc1ccc2cc(CCNS(=O)(=O)c3cc(C)ccc3C)c(=O)[nH]c2c1. The fourth-order valence-electron chi connectivity index (χ4n) is 2.93. The molecule has 1 heterocycles. The quantitative estimate of drug-likeness (QED) is 0.682. The van der Waals surface area contributed by atoms with Gasteiger partial charge in [-0.05, 0) is 61.0 Å². The minimum Gasteiger partial charge on any atom is -0.497 e. The van der Waals surface area contributed by atoms with Gasteiger partial charge in [-0.2, -0.15) is 0 Å². The standard InChI is InChI=1S/C20H22N2O4S/c1-13-4-5-14(2)19(10-13)27(24,25)21-9-8-16-11-15-6-7-17(26-3)12-18(15)22-20(16)23/h4-7,10-12,21H,8-9H2,1-3H3,(H,22,23). The van der Waals surface area contributed by atoms with Crippen LogP contribution >= 0.6 is 0 Å². The van der Waals surface area contributed by atoms with E-state index in [9.17, 15) is 13.2 Å². The molecule has 0 aliphatic carbocycles. The number of aromatic amines is 1. The maximum Gasteiger partial charge on any atom is 0.251 e. The molecule has 27 heavy (non-hydrogen) atoms. The molecule has 142 valence electrons. The molecule has 0 unspecified atom stereocenters. The zero-order valence-corrected chi connectivity index (χ0v) is 16.3. The van der Waals surface area contributed by atoms with Crippen LogP contribution in [-0.2, 0) is 16.4 Å². The highest BCUT2D eigenvalue weighted by atomic mass is 32.2. The number of nitrogens with one attached hydrogen (secondary N) is 2. The summed E-state index contributed by atoms with van der Waals surface area (Å²) < 4.78 is 32.8. The van der Waals surface area contributed by atoms with E-state index in [1.807, 2.05) is 25.1 Å². The lowest BCUT2D eigenvalue weighted by Crippen LogP contribution is -2.28. The van der Waals surface area contributed by atoms with Gasteiger partial charge in [-0.3, -0.25) is 4.79 Å². The summed E-state index contributed by atoms with van der Waals surface area (Å²) in [5.74, 6) is 0.659. The second-order valence-corrected chi connectivity index (χ2v) is 8.23. The van der Waals surface area contributed by atoms with Crippen molar-refractivity contribution in [3.05, 3.63) is 69.5 Å². The van der Waals surface area contributed by atoms with Gasteiger partial charge in [0.2, 0.25) is 10.0 Å². The number of aromatic nitrogens is 1. The van der Waals surface area contributed by atoms with Crippen LogP contribution in [0.15, 0.2) is 52.2 Å². The predicted molar refractivity (Wildman–Crippen MR) is 106 cm³/mol. The molecule has 2 N–H and O–H groups in total. The second kappa shape index (κ2) is 7.54. The third-order valence-corrected chi connectivity index (χ3v) is 6.05. The third kappa shape index (κ3) is 4.20. The van der Waals surface area contributed by atoms with Crippen LogP contribution in [0.1, 0.15) is 16.7 Å². The summed E-state index contributed by atoms with van der Waals surface area (Å²) in [5, 5.41) is 0.864. The Morgan fingerprint density at radius 3 is 2.59 bits per heavy atom. The predicted octanol–water partition coefficient (Wildman–Crippen LogP) is 2.67. The molecule has 0 amide bonds. The van der Waals surface area contributed by atoms with Crippen molar-refractivity contribution >= 4 is 20.9 Å². The molecule has 0 saturated heterocycles. The van der Waals surface area contributed by atoms with E-state index in [-0.39, 0.29) is 17.0 Å². The van der Waals surface area contributed by atoms with E-state index in [0.29, 0.717) is 28.8 Å². The number of pyridine rings is 1. The summed E-state index contributed by atoms with van der Waals surface area (Å²) in [6, 6.07) is 12.5. The van der Waals surface area contributed by atoms with Crippen molar-refractivity contribution in [3.8, 4) is 5.75 Å². The topological polar surface area (TPSA) is 88.3 Å². The zero-order valence-electron chi connectivity index (χ0n) is 15.5. The number of rotatable bonds is 6. The molecular formula is C20H22N2O4S. The van der Waals surface area contributed by atoms with Crippen molar-refractivity contribution in [3.63, 3.8) is 0 Å². The maximum absolute atomic E-state index is 12.6. The third-order valence-electron chi connectivity index (χ3n) is 4.45. The molecular weight excluding hydrogens is 364 g/mol. The van der Waals surface area contributed by atoms with Crippen LogP contribution in [0.25, 0.3) is 10.9 Å². The summed E-state index contributed by atoms with van der Waals surface area (Å²) in [6.45, 7) is 3.75. The first kappa shape index (κ1) is 19.1. The molecule has 0 saturated carbocycles. The number of sulfonamides is 1. The molecule has 3 rings (SSSR count). The van der Waals surface area contributed by atoms with Crippen LogP contribution < -0.4 is 15.0 Å². The lowest BCUT2D eigenvalue weighted by molar-refractivity contribution is 0.415. The van der Waals surface area contributed by atoms with Gasteiger partial charge < -0.3 is 9.72 Å². The van der Waals surface area contributed by atoms with Crippen molar-refractivity contribution in [2.45, 2.75) is 25.2 Å². The number of hydrogen-bond donors (Lipinski definition) is 2. The Labute approximate surface area is 158 Å². The Balaban J connectivity index is 1.77. The van der Waals surface area contributed by atoms with Gasteiger partial charge in [0, 0.05) is 18.2 Å². The summed E-state index contributed by atoms with van der Waals surface area (Å²) in [4.78, 5) is 15.4. The van der Waals surface area contributed by atoms with E-state index >= 15 is 0 Å². The Morgan fingerprint density at radius 1 is 1.07 bits per heavy atom. The monoisotopic (exact) mass is 386 g/mol. The number of ether oxygens (including phenoxy) is 1. The van der Waals surface area contributed by atoms with Crippen molar-refractivity contribution in [2.24, 2.45) is 0 Å². The Morgan fingerprint density at radius 2 is 1.85 bits per heavy atom. The van der Waals surface area contributed by atoms with Crippen molar-refractivity contribution in [2.75, 3.05) is 13.7 Å². The molecule has 0 bridgehead atoms. The minimum absolute atomic E-state index is 0.139. The summed E-state index contributed by atoms with van der Waals surface area (Å²) in [7, 11) is -2.06. The molecule has 3 aromatic rings. The lowest BCUT2D eigenvalue weighted by Gasteiger charge is -2.10. The Bertz CT molecular complexity index is 1150. The summed E-state index contributed by atoms with van der Waals surface area (Å²) in [6.07, 6.45) is 0.293. The highest BCUT2D eigenvalue weighted by Crippen LogP contribution is 2.19. The zero-order chi connectivity index (χ0) is 19.6. The van der Waals surface area contributed by atoms with Crippen molar-refractivity contribution in [1.29, 1.82) is 0 Å². The van der Waals surface area contributed by atoms with Gasteiger partial charge >= 0.3 is 0 Å². The smallest absolute Gasteiger partial charge is 0.251 e. The highest BCUT2D eigenvalue weighted by Gasteiger charge is 2.16. The number of aryl methyl sites for hydroxylation is 2. The molecule has 2 aromatic carbocycles. The molecule has 0 spiro atoms. The molecule has 6 nitrogen and oxygen atoms in total. The van der Waals surface area contributed by atoms with Gasteiger partial charge in [0.25, 0.3) is 5.56 Å². The van der Waals surface area contributed by atoms with Crippen LogP contribution in [0.2, 0.25) is 0 Å². The van der Waals surface area contributed by atoms with E-state index in [4.69, 9.17) is 4.74 Å². The normalized spacial score (nSPS) is 11.7. The largest absolute Gasteiger partial charge is 0.497 e. The summed E-state index contributed by atoms with van der Waals surface area (Å²) >= 11 is 0. The number of methoxy groups -OCH3 is 1. The molecule has 0 fully saturated rings.